The quantitative estimate of drug-likeness (QED) is 0.339. The number of benzene rings is 1. The van der Waals surface area contributed by atoms with E-state index in [-0.39, 0.29) is 35.9 Å². The van der Waals surface area contributed by atoms with E-state index in [4.69, 9.17) is 0 Å². The van der Waals surface area contributed by atoms with E-state index >= 15 is 0 Å². The third-order valence-electron chi connectivity index (χ3n) is 6.17. The lowest BCUT2D eigenvalue weighted by Crippen LogP contribution is -2.44. The monoisotopic (exact) mass is 527 g/mol. The van der Waals surface area contributed by atoms with Gasteiger partial charge in [-0.25, -0.2) is 0 Å². The molecular weight excluding hydrogens is 489 g/mol. The molecule has 0 spiro atoms. The second kappa shape index (κ2) is 12.5. The van der Waals surface area contributed by atoms with Crippen molar-refractivity contribution in [1.29, 1.82) is 0 Å². The van der Waals surface area contributed by atoms with Crippen molar-refractivity contribution in [2.75, 3.05) is 33.2 Å². The highest BCUT2D eigenvalue weighted by molar-refractivity contribution is 14.0. The number of carbonyl (C=O) groups excluding carboxylic acids is 1. The summed E-state index contributed by atoms with van der Waals surface area (Å²) in [6.45, 7) is 10.1. The van der Waals surface area contributed by atoms with Crippen LogP contribution in [0.1, 0.15) is 50.7 Å². The second-order valence-corrected chi connectivity index (χ2v) is 8.52. The molecule has 0 aromatic heterocycles. The van der Waals surface area contributed by atoms with Gasteiger partial charge in [0.1, 0.15) is 0 Å². The van der Waals surface area contributed by atoms with E-state index in [0.717, 1.165) is 44.5 Å². The number of nitrogens with zero attached hydrogens (tertiary/aromatic N) is 3. The Hall–Kier alpha value is -1.35. The van der Waals surface area contributed by atoms with Gasteiger partial charge in [-0.3, -0.25) is 14.7 Å². The predicted molar refractivity (Wildman–Crippen MR) is 134 cm³/mol. The molecule has 7 heteroatoms. The van der Waals surface area contributed by atoms with Crippen LogP contribution < -0.4 is 10.6 Å². The fraction of sp³-hybridized carbons (Fsp3) is 0.652. The number of amides is 1. The summed E-state index contributed by atoms with van der Waals surface area (Å²) in [7, 11) is 1.79. The predicted octanol–water partition coefficient (Wildman–Crippen LogP) is 3.21. The number of carbonyl (C=O) groups is 1. The number of likely N-dealkylation sites (tertiary alicyclic amines) is 2. The Morgan fingerprint density at radius 2 is 1.77 bits per heavy atom. The molecule has 1 unspecified atom stereocenters. The first kappa shape index (κ1) is 24.9. The number of guanidine groups is 1. The summed E-state index contributed by atoms with van der Waals surface area (Å²) in [6.07, 6.45) is 4.18. The summed E-state index contributed by atoms with van der Waals surface area (Å²) in [5.41, 5.74) is 2.63. The summed E-state index contributed by atoms with van der Waals surface area (Å²) in [5.74, 6) is 1.91. The Morgan fingerprint density at radius 3 is 2.40 bits per heavy atom. The second-order valence-electron chi connectivity index (χ2n) is 8.52. The maximum Gasteiger partial charge on any atom is 0.222 e. The molecule has 1 atom stereocenters. The van der Waals surface area contributed by atoms with E-state index in [1.54, 1.807) is 7.05 Å². The molecule has 1 amide bonds. The molecule has 1 aromatic carbocycles. The molecule has 2 saturated heterocycles. The Labute approximate surface area is 198 Å². The van der Waals surface area contributed by atoms with Crippen LogP contribution in [0.3, 0.4) is 0 Å². The molecule has 1 aromatic rings. The molecule has 0 bridgehead atoms. The molecule has 0 saturated carbocycles. The first-order chi connectivity index (χ1) is 14.1. The fourth-order valence-electron chi connectivity index (χ4n) is 4.14. The molecular formula is C23H38IN5O. The van der Waals surface area contributed by atoms with Gasteiger partial charge in [0, 0.05) is 45.7 Å². The van der Waals surface area contributed by atoms with Crippen LogP contribution >= 0.6 is 24.0 Å². The number of hydrogen-bond acceptors (Lipinski definition) is 3. The largest absolute Gasteiger partial charge is 0.352 e. The maximum absolute atomic E-state index is 11.8. The van der Waals surface area contributed by atoms with Gasteiger partial charge in [-0.1, -0.05) is 38.1 Å². The SMILES string of the molecule is CCC(=O)N1CCC(NC(=NC)NCc2ccc(CN3CCC(C)CC3)cc2)C1.I. The molecule has 2 aliphatic rings. The third kappa shape index (κ3) is 7.41. The van der Waals surface area contributed by atoms with Gasteiger partial charge in [0.15, 0.2) is 5.96 Å². The van der Waals surface area contributed by atoms with E-state index < -0.39 is 0 Å². The van der Waals surface area contributed by atoms with Crippen LogP contribution in [0.2, 0.25) is 0 Å². The summed E-state index contributed by atoms with van der Waals surface area (Å²) < 4.78 is 0. The molecule has 168 valence electrons. The number of halogens is 1. The summed E-state index contributed by atoms with van der Waals surface area (Å²) >= 11 is 0. The number of rotatable bonds is 6. The maximum atomic E-state index is 11.8. The lowest BCUT2D eigenvalue weighted by Gasteiger charge is -2.30. The van der Waals surface area contributed by atoms with E-state index in [1.165, 1.54) is 37.1 Å². The van der Waals surface area contributed by atoms with Crippen LogP contribution in [0.5, 0.6) is 0 Å². The van der Waals surface area contributed by atoms with Gasteiger partial charge in [-0.15, -0.1) is 24.0 Å². The molecule has 2 heterocycles. The van der Waals surface area contributed by atoms with Gasteiger partial charge in [0.05, 0.1) is 0 Å². The molecule has 0 radical (unpaired) electrons. The Balaban J connectivity index is 0.00000320. The zero-order chi connectivity index (χ0) is 20.6. The van der Waals surface area contributed by atoms with Crippen molar-refractivity contribution in [1.82, 2.24) is 20.4 Å². The fourth-order valence-corrected chi connectivity index (χ4v) is 4.14. The van der Waals surface area contributed by atoms with Gasteiger partial charge in [0.25, 0.3) is 0 Å². The molecule has 2 fully saturated rings. The molecule has 3 rings (SSSR count). The highest BCUT2D eigenvalue weighted by atomic mass is 127. The van der Waals surface area contributed by atoms with E-state index in [0.29, 0.717) is 6.42 Å². The first-order valence-corrected chi connectivity index (χ1v) is 11.1. The van der Waals surface area contributed by atoms with Crippen LogP contribution in [0, 0.1) is 5.92 Å². The Bertz CT molecular complexity index is 685. The van der Waals surface area contributed by atoms with E-state index in [9.17, 15) is 4.79 Å². The van der Waals surface area contributed by atoms with Crippen LogP contribution in [-0.2, 0) is 17.9 Å². The summed E-state index contributed by atoms with van der Waals surface area (Å²) in [5, 5.41) is 6.85. The van der Waals surface area contributed by atoms with Gasteiger partial charge < -0.3 is 15.5 Å². The molecule has 2 N–H and O–H groups in total. The zero-order valence-corrected chi connectivity index (χ0v) is 21.0. The smallest absolute Gasteiger partial charge is 0.222 e. The number of nitrogens with one attached hydrogen (secondary N) is 2. The third-order valence-corrected chi connectivity index (χ3v) is 6.17. The highest BCUT2D eigenvalue weighted by Crippen LogP contribution is 2.18. The van der Waals surface area contributed by atoms with Crippen molar-refractivity contribution in [3.63, 3.8) is 0 Å². The minimum absolute atomic E-state index is 0. The van der Waals surface area contributed by atoms with Crippen LogP contribution in [-0.4, -0.2) is 60.9 Å². The lowest BCUT2D eigenvalue weighted by atomic mass is 9.99. The van der Waals surface area contributed by atoms with Crippen LogP contribution in [0.25, 0.3) is 0 Å². The number of hydrogen-bond donors (Lipinski definition) is 2. The minimum Gasteiger partial charge on any atom is -0.352 e. The average molecular weight is 527 g/mol. The van der Waals surface area contributed by atoms with Gasteiger partial charge in [-0.2, -0.15) is 0 Å². The molecule has 2 aliphatic heterocycles. The van der Waals surface area contributed by atoms with Crippen LogP contribution in [0.4, 0.5) is 0 Å². The van der Waals surface area contributed by atoms with Crippen molar-refractivity contribution in [2.45, 2.75) is 58.7 Å². The highest BCUT2D eigenvalue weighted by Gasteiger charge is 2.25. The minimum atomic E-state index is 0. The summed E-state index contributed by atoms with van der Waals surface area (Å²) in [4.78, 5) is 20.7. The average Bonchev–Trinajstić information content (AvgIpc) is 3.22. The van der Waals surface area contributed by atoms with Crippen molar-refractivity contribution < 1.29 is 4.79 Å². The lowest BCUT2D eigenvalue weighted by molar-refractivity contribution is -0.129. The molecule has 0 aliphatic carbocycles. The standard InChI is InChI=1S/C23H37N5O.HI/c1-4-22(29)28-14-11-21(17-28)26-23(24-3)25-15-19-5-7-20(8-6-19)16-27-12-9-18(2)10-13-27;/h5-8,18,21H,4,9-17H2,1-3H3,(H2,24,25,26);1H. The van der Waals surface area contributed by atoms with E-state index in [2.05, 4.69) is 51.7 Å². The first-order valence-electron chi connectivity index (χ1n) is 11.1. The van der Waals surface area contributed by atoms with Crippen LogP contribution in [0.15, 0.2) is 29.3 Å². The van der Waals surface area contributed by atoms with E-state index in [1.807, 2.05) is 11.8 Å². The molecule has 6 nitrogen and oxygen atoms in total. The van der Waals surface area contributed by atoms with Crippen molar-refractivity contribution in [3.05, 3.63) is 35.4 Å². The van der Waals surface area contributed by atoms with Gasteiger partial charge in [-0.05, 0) is 49.4 Å². The van der Waals surface area contributed by atoms with Gasteiger partial charge >= 0.3 is 0 Å². The number of aliphatic imine (C=N–C) groups is 1. The topological polar surface area (TPSA) is 60.0 Å². The summed E-state index contributed by atoms with van der Waals surface area (Å²) in [6, 6.07) is 9.18. The Kier molecular flexibility index (Phi) is 10.4. The normalized spacial score (nSPS) is 20.7. The Morgan fingerprint density at radius 1 is 1.10 bits per heavy atom. The van der Waals surface area contributed by atoms with Gasteiger partial charge in [0.2, 0.25) is 5.91 Å². The number of piperidine rings is 1. The van der Waals surface area contributed by atoms with Crippen molar-refractivity contribution in [3.8, 4) is 0 Å². The van der Waals surface area contributed by atoms with Crippen molar-refractivity contribution in [2.24, 2.45) is 10.9 Å². The molecule has 30 heavy (non-hydrogen) atoms. The zero-order valence-electron chi connectivity index (χ0n) is 18.7. The van der Waals surface area contributed by atoms with Crippen molar-refractivity contribution >= 4 is 35.8 Å².